The molecule has 1 N–H and O–H groups in total. The number of hydrogen-bond donors (Lipinski definition) is 1. The molecule has 0 aromatic carbocycles. The molecule has 1 fully saturated rings. The first-order valence-electron chi connectivity index (χ1n) is 6.45. The summed E-state index contributed by atoms with van der Waals surface area (Å²) in [5.41, 5.74) is 0.388. The van der Waals surface area contributed by atoms with Crippen LogP contribution in [0.3, 0.4) is 0 Å². The van der Waals surface area contributed by atoms with Crippen molar-refractivity contribution >= 4 is 15.9 Å². The van der Waals surface area contributed by atoms with Gasteiger partial charge < -0.3 is 5.11 Å². The quantitative estimate of drug-likeness (QED) is 0.860. The minimum atomic E-state index is -0.796. The van der Waals surface area contributed by atoms with Crippen molar-refractivity contribution in [1.82, 2.24) is 9.78 Å². The van der Waals surface area contributed by atoms with Crippen LogP contribution in [0.1, 0.15) is 52.7 Å². The normalized spacial score (nSPS) is 25.1. The van der Waals surface area contributed by atoms with E-state index in [9.17, 15) is 5.11 Å². The van der Waals surface area contributed by atoms with Crippen molar-refractivity contribution in [2.24, 2.45) is 17.9 Å². The first-order chi connectivity index (χ1) is 8.05. The second kappa shape index (κ2) is 4.07. The molecule has 1 saturated carbocycles. The smallest absolute Gasteiger partial charge is 0.108 e. The van der Waals surface area contributed by atoms with Gasteiger partial charge in [0.15, 0.2) is 0 Å². The summed E-state index contributed by atoms with van der Waals surface area (Å²) in [6, 6.07) is 0. The number of nitrogens with zero attached hydrogens (tertiary/aromatic N) is 2. The molecule has 4 heteroatoms. The predicted molar refractivity (Wildman–Crippen MR) is 76.2 cm³/mol. The minimum absolute atomic E-state index is 0.139. The minimum Gasteiger partial charge on any atom is -0.383 e. The molecule has 1 aromatic heterocycles. The Labute approximate surface area is 118 Å². The van der Waals surface area contributed by atoms with Gasteiger partial charge in [-0.25, -0.2) is 0 Å². The highest BCUT2D eigenvalue weighted by Crippen LogP contribution is 2.54. The molecule has 102 valence electrons. The molecule has 3 nitrogen and oxygen atoms in total. The Balaban J connectivity index is 2.48. The number of aliphatic hydroxyl groups is 1. The first kappa shape index (κ1) is 14.1. The van der Waals surface area contributed by atoms with Crippen molar-refractivity contribution in [2.45, 2.75) is 52.6 Å². The van der Waals surface area contributed by atoms with Gasteiger partial charge in [0.05, 0.1) is 16.4 Å². The predicted octanol–water partition coefficient (Wildman–Crippen LogP) is 3.61. The highest BCUT2D eigenvalue weighted by atomic mass is 79.9. The average molecular weight is 315 g/mol. The van der Waals surface area contributed by atoms with E-state index in [-0.39, 0.29) is 10.8 Å². The molecular formula is C14H23BrN2O. The summed E-state index contributed by atoms with van der Waals surface area (Å²) in [6.45, 7) is 8.96. The topological polar surface area (TPSA) is 38.0 Å². The monoisotopic (exact) mass is 314 g/mol. The maximum atomic E-state index is 11.2. The fourth-order valence-electron chi connectivity index (χ4n) is 4.17. The maximum Gasteiger partial charge on any atom is 0.108 e. The Kier molecular flexibility index (Phi) is 3.18. The molecule has 1 heterocycles. The summed E-state index contributed by atoms with van der Waals surface area (Å²) in [6.07, 6.45) is 4.46. The van der Waals surface area contributed by atoms with E-state index in [1.807, 2.05) is 7.05 Å². The van der Waals surface area contributed by atoms with Crippen LogP contribution in [0.25, 0.3) is 0 Å². The first-order valence-corrected chi connectivity index (χ1v) is 7.24. The lowest BCUT2D eigenvalue weighted by atomic mass is 9.59. The van der Waals surface area contributed by atoms with E-state index in [2.05, 4.69) is 48.7 Å². The Morgan fingerprint density at radius 2 is 1.67 bits per heavy atom. The molecule has 0 atom stereocenters. The fraction of sp³-hybridized carbons (Fsp3) is 0.786. The standard InChI is InChI=1S/C14H23BrN2O/c1-12(2)7-13(3,4)9-14(18,8-12)11-10(15)6-16-17(11)5/h6,18H,7-9H2,1-5H3. The summed E-state index contributed by atoms with van der Waals surface area (Å²) < 4.78 is 2.70. The summed E-state index contributed by atoms with van der Waals surface area (Å²) in [7, 11) is 1.90. The van der Waals surface area contributed by atoms with Crippen molar-refractivity contribution in [2.75, 3.05) is 0 Å². The summed E-state index contributed by atoms with van der Waals surface area (Å²) >= 11 is 3.52. The SMILES string of the molecule is Cn1ncc(Br)c1C1(O)CC(C)(C)CC(C)(C)C1. The van der Waals surface area contributed by atoms with Gasteiger partial charge in [-0.05, 0) is 46.0 Å². The van der Waals surface area contributed by atoms with Gasteiger partial charge in [0, 0.05) is 7.05 Å². The van der Waals surface area contributed by atoms with E-state index in [1.54, 1.807) is 10.9 Å². The third-order valence-corrected chi connectivity index (χ3v) is 4.41. The summed E-state index contributed by atoms with van der Waals surface area (Å²) in [5.74, 6) is 0. The molecule has 18 heavy (non-hydrogen) atoms. The average Bonchev–Trinajstić information content (AvgIpc) is 2.39. The van der Waals surface area contributed by atoms with Crippen LogP contribution in [0.5, 0.6) is 0 Å². The zero-order valence-corrected chi connectivity index (χ0v) is 13.5. The second-order valence-corrected chi connectivity index (χ2v) is 8.21. The van der Waals surface area contributed by atoms with Crippen LogP contribution in [-0.2, 0) is 12.6 Å². The molecule has 2 rings (SSSR count). The van der Waals surface area contributed by atoms with Gasteiger partial charge in [-0.1, -0.05) is 27.7 Å². The number of aryl methyl sites for hydroxylation is 1. The lowest BCUT2D eigenvalue weighted by molar-refractivity contribution is -0.0963. The van der Waals surface area contributed by atoms with Crippen LogP contribution in [0, 0.1) is 10.8 Å². The Hall–Kier alpha value is -0.350. The number of halogens is 1. The van der Waals surface area contributed by atoms with E-state index >= 15 is 0 Å². The van der Waals surface area contributed by atoms with Gasteiger partial charge >= 0.3 is 0 Å². The highest BCUT2D eigenvalue weighted by Gasteiger charge is 2.49. The largest absolute Gasteiger partial charge is 0.383 e. The molecule has 0 amide bonds. The van der Waals surface area contributed by atoms with Gasteiger partial charge in [-0.15, -0.1) is 0 Å². The zero-order chi connectivity index (χ0) is 13.8. The van der Waals surface area contributed by atoms with Gasteiger partial charge in [0.1, 0.15) is 5.60 Å². The third kappa shape index (κ3) is 2.50. The summed E-state index contributed by atoms with van der Waals surface area (Å²) in [5, 5.41) is 15.4. The number of hydrogen-bond acceptors (Lipinski definition) is 2. The van der Waals surface area contributed by atoms with Crippen LogP contribution in [-0.4, -0.2) is 14.9 Å². The lowest BCUT2D eigenvalue weighted by Crippen LogP contribution is -2.45. The molecule has 1 aliphatic carbocycles. The molecule has 1 aliphatic rings. The molecule has 0 bridgehead atoms. The highest BCUT2D eigenvalue weighted by molar-refractivity contribution is 9.10. The van der Waals surface area contributed by atoms with E-state index in [1.165, 1.54) is 0 Å². The van der Waals surface area contributed by atoms with Gasteiger partial charge in [-0.2, -0.15) is 5.10 Å². The Bertz CT molecular complexity index is 427. The van der Waals surface area contributed by atoms with Crippen molar-refractivity contribution in [3.8, 4) is 0 Å². The molecule has 0 unspecified atom stereocenters. The molecule has 0 radical (unpaired) electrons. The van der Waals surface area contributed by atoms with Crippen molar-refractivity contribution < 1.29 is 5.11 Å². The second-order valence-electron chi connectivity index (χ2n) is 7.36. The van der Waals surface area contributed by atoms with E-state index < -0.39 is 5.60 Å². The number of aromatic nitrogens is 2. The number of rotatable bonds is 1. The van der Waals surface area contributed by atoms with Gasteiger partial charge in [0.25, 0.3) is 0 Å². The van der Waals surface area contributed by atoms with Crippen molar-refractivity contribution in [3.63, 3.8) is 0 Å². The van der Waals surface area contributed by atoms with Crippen LogP contribution >= 0.6 is 15.9 Å². The molecule has 0 aliphatic heterocycles. The van der Waals surface area contributed by atoms with E-state index in [4.69, 9.17) is 0 Å². The van der Waals surface area contributed by atoms with Crippen LogP contribution in [0.4, 0.5) is 0 Å². The van der Waals surface area contributed by atoms with Crippen molar-refractivity contribution in [3.05, 3.63) is 16.4 Å². The molecular weight excluding hydrogens is 292 g/mol. The van der Waals surface area contributed by atoms with E-state index in [0.717, 1.165) is 29.4 Å². The van der Waals surface area contributed by atoms with Crippen LogP contribution < -0.4 is 0 Å². The molecule has 0 saturated heterocycles. The van der Waals surface area contributed by atoms with E-state index in [0.29, 0.717) is 0 Å². The zero-order valence-electron chi connectivity index (χ0n) is 11.9. The Morgan fingerprint density at radius 1 is 1.17 bits per heavy atom. The molecule has 0 spiro atoms. The van der Waals surface area contributed by atoms with Crippen molar-refractivity contribution in [1.29, 1.82) is 0 Å². The maximum absolute atomic E-state index is 11.2. The fourth-order valence-corrected chi connectivity index (χ4v) is 4.89. The van der Waals surface area contributed by atoms with Gasteiger partial charge in [0.2, 0.25) is 0 Å². The summed E-state index contributed by atoms with van der Waals surface area (Å²) in [4.78, 5) is 0. The van der Waals surface area contributed by atoms with Crippen LogP contribution in [0.2, 0.25) is 0 Å². The lowest BCUT2D eigenvalue weighted by Gasteiger charge is -2.49. The Morgan fingerprint density at radius 3 is 2.06 bits per heavy atom. The molecule has 1 aromatic rings. The van der Waals surface area contributed by atoms with Crippen LogP contribution in [0.15, 0.2) is 10.7 Å². The van der Waals surface area contributed by atoms with Gasteiger partial charge in [-0.3, -0.25) is 4.68 Å². The third-order valence-electron chi connectivity index (χ3n) is 3.83.